The molecule has 1 aromatic heterocycles. The van der Waals surface area contributed by atoms with E-state index in [1.165, 1.54) is 16.8 Å². The van der Waals surface area contributed by atoms with Crippen LogP contribution in [0.3, 0.4) is 0 Å². The van der Waals surface area contributed by atoms with E-state index in [1.807, 2.05) is 19.1 Å². The first-order valence-corrected chi connectivity index (χ1v) is 11.8. The van der Waals surface area contributed by atoms with Gasteiger partial charge in [-0.1, -0.05) is 37.6 Å². The number of nitrogens with zero attached hydrogens (tertiary/aromatic N) is 4. The highest BCUT2D eigenvalue weighted by Gasteiger charge is 2.21. The number of non-ortho nitro benzene ring substituents is 1. The quantitative estimate of drug-likeness (QED) is 0.293. The largest absolute Gasteiger partial charge is 0.348 e. The van der Waals surface area contributed by atoms with Gasteiger partial charge in [0.1, 0.15) is 5.69 Å². The molecule has 1 heterocycles. The van der Waals surface area contributed by atoms with Gasteiger partial charge in [0.25, 0.3) is 11.6 Å². The van der Waals surface area contributed by atoms with E-state index in [1.54, 1.807) is 30.3 Å². The number of nitrogens with one attached hydrogen (secondary N) is 1. The highest BCUT2D eigenvalue weighted by molar-refractivity contribution is 6.32. The molecule has 0 aliphatic rings. The molecule has 0 saturated carbocycles. The molecule has 1 amide bonds. The van der Waals surface area contributed by atoms with E-state index in [9.17, 15) is 14.9 Å². The molecule has 1 N–H and O–H groups in total. The summed E-state index contributed by atoms with van der Waals surface area (Å²) < 4.78 is 1.52. The molecule has 2 aromatic carbocycles. The number of amides is 1. The molecule has 0 aliphatic carbocycles. The summed E-state index contributed by atoms with van der Waals surface area (Å²) in [5, 5.41) is 19.1. The van der Waals surface area contributed by atoms with Crippen LogP contribution in [0, 0.1) is 10.1 Å². The number of hydrogen-bond acceptors (Lipinski definition) is 5. The van der Waals surface area contributed by atoms with Crippen LogP contribution in [0.5, 0.6) is 0 Å². The number of nitro groups is 1. The van der Waals surface area contributed by atoms with Crippen LogP contribution >= 0.6 is 11.6 Å². The van der Waals surface area contributed by atoms with Gasteiger partial charge in [-0.05, 0) is 69.7 Å². The van der Waals surface area contributed by atoms with Crippen molar-refractivity contribution in [1.82, 2.24) is 20.0 Å². The summed E-state index contributed by atoms with van der Waals surface area (Å²) in [6.07, 6.45) is 1.85. The zero-order valence-electron chi connectivity index (χ0n) is 19.7. The maximum Gasteiger partial charge on any atom is 0.270 e. The van der Waals surface area contributed by atoms with Crippen molar-refractivity contribution >= 4 is 23.2 Å². The molecule has 9 heteroatoms. The molecule has 0 saturated heterocycles. The number of nitro benzene ring substituents is 1. The lowest BCUT2D eigenvalue weighted by molar-refractivity contribution is -0.384. The second-order valence-corrected chi connectivity index (χ2v) is 8.53. The number of rotatable bonds is 11. The summed E-state index contributed by atoms with van der Waals surface area (Å²) in [6, 6.07) is 14.9. The van der Waals surface area contributed by atoms with Crippen molar-refractivity contribution in [3.8, 4) is 16.9 Å². The van der Waals surface area contributed by atoms with Gasteiger partial charge in [0.05, 0.1) is 21.3 Å². The predicted molar refractivity (Wildman–Crippen MR) is 135 cm³/mol. The number of halogens is 1. The Morgan fingerprint density at radius 3 is 2.47 bits per heavy atom. The summed E-state index contributed by atoms with van der Waals surface area (Å²) in [6.45, 7) is 9.31. The van der Waals surface area contributed by atoms with Gasteiger partial charge in [0.2, 0.25) is 0 Å². The standard InChI is InChI=1S/C25H30ClN5O3/c1-4-29(5-2)16-8-9-18(3)27-25(32)24-17-22(19-12-14-20(15-13-19)31(33)34)28-30(24)23-11-7-6-10-21(23)26/h6-7,10-15,17-18H,4-5,8-9,16H2,1-3H3,(H,27,32). The fourth-order valence-corrected chi connectivity index (χ4v) is 3.99. The molecule has 0 bridgehead atoms. The third-order valence-electron chi connectivity index (χ3n) is 5.78. The molecule has 0 fully saturated rings. The smallest absolute Gasteiger partial charge is 0.270 e. The van der Waals surface area contributed by atoms with Gasteiger partial charge in [-0.15, -0.1) is 0 Å². The molecule has 1 unspecified atom stereocenters. The van der Waals surface area contributed by atoms with Gasteiger partial charge in [-0.2, -0.15) is 5.10 Å². The Hall–Kier alpha value is -3.23. The average Bonchev–Trinajstić information content (AvgIpc) is 3.27. The van der Waals surface area contributed by atoms with E-state index in [0.29, 0.717) is 27.7 Å². The summed E-state index contributed by atoms with van der Waals surface area (Å²) >= 11 is 6.41. The topological polar surface area (TPSA) is 93.3 Å². The van der Waals surface area contributed by atoms with Crippen molar-refractivity contribution < 1.29 is 9.72 Å². The molecular weight excluding hydrogens is 454 g/mol. The van der Waals surface area contributed by atoms with Crippen LogP contribution in [0.4, 0.5) is 5.69 Å². The third kappa shape index (κ3) is 6.21. The lowest BCUT2D eigenvalue weighted by Crippen LogP contribution is -2.34. The first-order chi connectivity index (χ1) is 16.3. The molecule has 3 aromatic rings. The monoisotopic (exact) mass is 483 g/mol. The van der Waals surface area contributed by atoms with Crippen LogP contribution < -0.4 is 5.32 Å². The van der Waals surface area contributed by atoms with Crippen molar-refractivity contribution in [2.45, 2.75) is 39.7 Å². The van der Waals surface area contributed by atoms with Crippen molar-refractivity contribution in [3.63, 3.8) is 0 Å². The molecular formula is C25H30ClN5O3. The van der Waals surface area contributed by atoms with E-state index in [0.717, 1.165) is 32.5 Å². The van der Waals surface area contributed by atoms with Crippen LogP contribution in [0.25, 0.3) is 16.9 Å². The highest BCUT2D eigenvalue weighted by Crippen LogP contribution is 2.27. The van der Waals surface area contributed by atoms with Gasteiger partial charge in [0.15, 0.2) is 0 Å². The highest BCUT2D eigenvalue weighted by atomic mass is 35.5. The zero-order valence-corrected chi connectivity index (χ0v) is 20.5. The Balaban J connectivity index is 1.85. The van der Waals surface area contributed by atoms with Crippen LogP contribution in [0.2, 0.25) is 5.02 Å². The molecule has 0 spiro atoms. The number of benzene rings is 2. The maximum absolute atomic E-state index is 13.2. The van der Waals surface area contributed by atoms with Crippen molar-refractivity contribution in [2.75, 3.05) is 19.6 Å². The SMILES string of the molecule is CCN(CC)CCCC(C)NC(=O)c1cc(-c2ccc([N+](=O)[O-])cc2)nn1-c1ccccc1Cl. The third-order valence-corrected chi connectivity index (χ3v) is 6.10. The molecule has 34 heavy (non-hydrogen) atoms. The van der Waals surface area contributed by atoms with Crippen LogP contribution in [-0.2, 0) is 0 Å². The number of aromatic nitrogens is 2. The first-order valence-electron chi connectivity index (χ1n) is 11.5. The maximum atomic E-state index is 13.2. The number of carbonyl (C=O) groups excluding carboxylic acids is 1. The Bertz CT molecular complexity index is 1130. The zero-order chi connectivity index (χ0) is 24.7. The Labute approximate surface area is 204 Å². The lowest BCUT2D eigenvalue weighted by atomic mass is 10.1. The molecule has 1 atom stereocenters. The Morgan fingerprint density at radius 2 is 1.85 bits per heavy atom. The predicted octanol–water partition coefficient (Wildman–Crippen LogP) is 5.34. The van der Waals surface area contributed by atoms with Gasteiger partial charge in [0, 0.05) is 23.7 Å². The van der Waals surface area contributed by atoms with Crippen LogP contribution in [-0.4, -0.2) is 51.2 Å². The number of carbonyl (C=O) groups is 1. The van der Waals surface area contributed by atoms with E-state index >= 15 is 0 Å². The molecule has 8 nitrogen and oxygen atoms in total. The summed E-state index contributed by atoms with van der Waals surface area (Å²) in [4.78, 5) is 26.1. The van der Waals surface area contributed by atoms with E-state index in [4.69, 9.17) is 11.6 Å². The number of para-hydroxylation sites is 1. The Kier molecular flexibility index (Phi) is 8.79. The van der Waals surface area contributed by atoms with E-state index in [-0.39, 0.29) is 17.6 Å². The fraction of sp³-hybridized carbons (Fsp3) is 0.360. The first kappa shape index (κ1) is 25.4. The normalized spacial score (nSPS) is 12.0. The fourth-order valence-electron chi connectivity index (χ4n) is 3.78. The molecule has 3 rings (SSSR count). The Morgan fingerprint density at radius 1 is 1.18 bits per heavy atom. The minimum atomic E-state index is -0.452. The molecule has 0 aliphatic heterocycles. The van der Waals surface area contributed by atoms with Crippen LogP contribution in [0.15, 0.2) is 54.6 Å². The van der Waals surface area contributed by atoms with E-state index < -0.39 is 4.92 Å². The van der Waals surface area contributed by atoms with Crippen molar-refractivity contribution in [2.24, 2.45) is 0 Å². The minimum Gasteiger partial charge on any atom is -0.348 e. The number of hydrogen-bond donors (Lipinski definition) is 1. The molecule has 180 valence electrons. The van der Waals surface area contributed by atoms with Crippen molar-refractivity contribution in [1.29, 1.82) is 0 Å². The summed E-state index contributed by atoms with van der Waals surface area (Å²) in [5.74, 6) is -0.254. The average molecular weight is 484 g/mol. The van der Waals surface area contributed by atoms with Crippen molar-refractivity contribution in [3.05, 3.63) is 75.4 Å². The minimum absolute atomic E-state index is 0.00853. The van der Waals surface area contributed by atoms with Gasteiger partial charge in [-0.3, -0.25) is 14.9 Å². The summed E-state index contributed by atoms with van der Waals surface area (Å²) in [7, 11) is 0. The van der Waals surface area contributed by atoms with Crippen LogP contribution in [0.1, 0.15) is 44.1 Å². The van der Waals surface area contributed by atoms with Gasteiger partial charge in [-0.25, -0.2) is 4.68 Å². The molecule has 0 radical (unpaired) electrons. The van der Waals surface area contributed by atoms with Gasteiger partial charge >= 0.3 is 0 Å². The second-order valence-electron chi connectivity index (χ2n) is 8.13. The van der Waals surface area contributed by atoms with E-state index in [2.05, 4.69) is 29.2 Å². The van der Waals surface area contributed by atoms with Gasteiger partial charge < -0.3 is 10.2 Å². The second kappa shape index (κ2) is 11.8. The summed E-state index contributed by atoms with van der Waals surface area (Å²) in [5.41, 5.74) is 2.10. The lowest BCUT2D eigenvalue weighted by Gasteiger charge is -2.20.